The van der Waals surface area contributed by atoms with E-state index in [4.69, 9.17) is 4.74 Å². The van der Waals surface area contributed by atoms with Gasteiger partial charge in [-0.3, -0.25) is 4.31 Å². The van der Waals surface area contributed by atoms with E-state index in [1.165, 1.54) is 16.8 Å². The number of sulfonamides is 1. The summed E-state index contributed by atoms with van der Waals surface area (Å²) in [5.41, 5.74) is 1.52. The second-order valence-electron chi connectivity index (χ2n) is 5.41. The van der Waals surface area contributed by atoms with E-state index < -0.39 is 10.0 Å². The molecule has 116 valence electrons. The van der Waals surface area contributed by atoms with Gasteiger partial charge in [0.2, 0.25) is 0 Å². The molecule has 0 fully saturated rings. The lowest BCUT2D eigenvalue weighted by atomic mass is 10.1. The normalized spacial score (nSPS) is 17.1. The molecule has 7 nitrogen and oxygen atoms in total. The van der Waals surface area contributed by atoms with Gasteiger partial charge in [-0.25, -0.2) is 4.98 Å². The lowest BCUT2D eigenvalue weighted by molar-refractivity contribution is 0.307. The van der Waals surface area contributed by atoms with Gasteiger partial charge < -0.3 is 14.2 Å². The Morgan fingerprint density at radius 1 is 1.23 bits per heavy atom. The van der Waals surface area contributed by atoms with Crippen molar-refractivity contribution >= 4 is 21.4 Å². The molecule has 3 heterocycles. The molecule has 0 saturated heterocycles. The van der Waals surface area contributed by atoms with Gasteiger partial charge in [-0.2, -0.15) is 8.42 Å². The lowest BCUT2D eigenvalue weighted by Crippen LogP contribution is -2.46. The molecule has 1 aromatic heterocycles. The van der Waals surface area contributed by atoms with Crippen LogP contribution in [-0.2, 0) is 17.1 Å². The molecule has 8 heteroatoms. The fourth-order valence-electron chi connectivity index (χ4n) is 2.96. The van der Waals surface area contributed by atoms with Gasteiger partial charge in [-0.05, 0) is 12.1 Å². The van der Waals surface area contributed by atoms with Crippen LogP contribution >= 0.6 is 0 Å². The van der Waals surface area contributed by atoms with Crippen LogP contribution in [0.5, 0.6) is 5.75 Å². The molecule has 0 radical (unpaired) electrons. The fraction of sp³-hybridized carbons (Fsp3) is 0.357. The third-order valence-electron chi connectivity index (χ3n) is 3.99. The number of aryl methyl sites for hydroxylation is 1. The predicted molar refractivity (Wildman–Crippen MR) is 81.9 cm³/mol. The zero-order valence-electron chi connectivity index (χ0n) is 12.1. The van der Waals surface area contributed by atoms with Crippen molar-refractivity contribution in [3.05, 3.63) is 30.7 Å². The zero-order valence-corrected chi connectivity index (χ0v) is 13.0. The predicted octanol–water partition coefficient (Wildman–Crippen LogP) is 0.828. The molecule has 0 N–H and O–H groups in total. The summed E-state index contributed by atoms with van der Waals surface area (Å²) in [5, 5.41) is 0.0674. The molecule has 0 atom stereocenters. The van der Waals surface area contributed by atoms with E-state index in [9.17, 15) is 8.42 Å². The van der Waals surface area contributed by atoms with Gasteiger partial charge in [0, 0.05) is 19.8 Å². The summed E-state index contributed by atoms with van der Waals surface area (Å²) in [4.78, 5) is 6.18. The topological polar surface area (TPSA) is 67.7 Å². The Bertz CT molecular complexity index is 830. The molecule has 0 saturated carbocycles. The van der Waals surface area contributed by atoms with Gasteiger partial charge >= 0.3 is 0 Å². The molecule has 0 aliphatic carbocycles. The molecule has 2 aliphatic heterocycles. The Hall–Kier alpha value is -2.22. The molecule has 0 spiro atoms. The van der Waals surface area contributed by atoms with Crippen molar-refractivity contribution in [1.29, 1.82) is 0 Å². The maximum atomic E-state index is 12.9. The van der Waals surface area contributed by atoms with Crippen molar-refractivity contribution in [1.82, 2.24) is 9.55 Å². The van der Waals surface area contributed by atoms with Crippen LogP contribution in [0.4, 0.5) is 11.4 Å². The van der Waals surface area contributed by atoms with Crippen molar-refractivity contribution in [2.24, 2.45) is 7.05 Å². The standard InChI is InChI=1S/C14H16N4O3S/c1-16-9-13(15-10-16)22(19,20)18-6-5-17-7-8-21-12-4-2-3-11(18)14(12)17/h2-4,9-10H,5-8H2,1H3. The third kappa shape index (κ3) is 1.87. The van der Waals surface area contributed by atoms with Crippen molar-refractivity contribution in [3.8, 4) is 5.75 Å². The minimum atomic E-state index is -3.66. The maximum absolute atomic E-state index is 12.9. The van der Waals surface area contributed by atoms with Gasteiger partial charge in [0.1, 0.15) is 18.0 Å². The number of aromatic nitrogens is 2. The van der Waals surface area contributed by atoms with E-state index in [1.54, 1.807) is 11.6 Å². The molecule has 4 rings (SSSR count). The number of hydrogen-bond acceptors (Lipinski definition) is 5. The first-order valence-corrected chi connectivity index (χ1v) is 8.53. The Balaban J connectivity index is 1.85. The highest BCUT2D eigenvalue weighted by molar-refractivity contribution is 7.92. The van der Waals surface area contributed by atoms with E-state index in [1.807, 2.05) is 18.2 Å². The van der Waals surface area contributed by atoms with Crippen LogP contribution in [0.25, 0.3) is 0 Å². The molecule has 0 amide bonds. The van der Waals surface area contributed by atoms with Crippen LogP contribution in [0.1, 0.15) is 0 Å². The summed E-state index contributed by atoms with van der Waals surface area (Å²) >= 11 is 0. The molecular weight excluding hydrogens is 304 g/mol. The van der Waals surface area contributed by atoms with Gasteiger partial charge in [0.25, 0.3) is 10.0 Å². The second kappa shape index (κ2) is 4.64. The number of rotatable bonds is 2. The van der Waals surface area contributed by atoms with Crippen LogP contribution in [0.3, 0.4) is 0 Å². The summed E-state index contributed by atoms with van der Waals surface area (Å²) in [6.45, 7) is 2.47. The Kier molecular flexibility index (Phi) is 2.83. The Labute approximate surface area is 128 Å². The van der Waals surface area contributed by atoms with E-state index in [-0.39, 0.29) is 5.03 Å². The van der Waals surface area contributed by atoms with Crippen LogP contribution in [0.15, 0.2) is 35.7 Å². The van der Waals surface area contributed by atoms with Crippen molar-refractivity contribution in [2.75, 3.05) is 35.4 Å². The van der Waals surface area contributed by atoms with Crippen LogP contribution in [-0.4, -0.2) is 44.2 Å². The van der Waals surface area contributed by atoms with Crippen LogP contribution in [0.2, 0.25) is 0 Å². The third-order valence-corrected chi connectivity index (χ3v) is 5.69. The lowest BCUT2D eigenvalue weighted by Gasteiger charge is -2.40. The number of ether oxygens (including phenoxy) is 1. The quantitative estimate of drug-likeness (QED) is 0.820. The molecule has 1 aromatic carbocycles. The molecule has 2 aliphatic rings. The maximum Gasteiger partial charge on any atom is 0.283 e. The minimum Gasteiger partial charge on any atom is -0.489 e. The number of nitrogens with zero attached hydrogens (tertiary/aromatic N) is 4. The van der Waals surface area contributed by atoms with E-state index in [2.05, 4.69) is 9.88 Å². The van der Waals surface area contributed by atoms with Crippen molar-refractivity contribution < 1.29 is 13.2 Å². The number of imidazole rings is 1. The summed E-state index contributed by atoms with van der Waals surface area (Å²) in [7, 11) is -1.91. The average molecular weight is 320 g/mol. The first-order chi connectivity index (χ1) is 10.6. The number of para-hydroxylation sites is 1. The highest BCUT2D eigenvalue weighted by Crippen LogP contribution is 2.44. The van der Waals surface area contributed by atoms with E-state index in [0.717, 1.165) is 18.0 Å². The smallest absolute Gasteiger partial charge is 0.283 e. The molecule has 22 heavy (non-hydrogen) atoms. The highest BCUT2D eigenvalue weighted by Gasteiger charge is 2.36. The Morgan fingerprint density at radius 2 is 2.09 bits per heavy atom. The monoisotopic (exact) mass is 320 g/mol. The SMILES string of the molecule is Cn1cnc(S(=O)(=O)N2CCN3CCOc4cccc2c43)c1. The average Bonchev–Trinajstić information content (AvgIpc) is 2.95. The fourth-order valence-corrected chi connectivity index (χ4v) is 4.40. The molecule has 2 aromatic rings. The van der Waals surface area contributed by atoms with Gasteiger partial charge in [-0.1, -0.05) is 6.07 Å². The van der Waals surface area contributed by atoms with E-state index >= 15 is 0 Å². The minimum absolute atomic E-state index is 0.0674. The molecule has 0 bridgehead atoms. The van der Waals surface area contributed by atoms with Gasteiger partial charge in [0.15, 0.2) is 5.03 Å². The number of hydrogen-bond donors (Lipinski definition) is 0. The first-order valence-electron chi connectivity index (χ1n) is 7.09. The van der Waals surface area contributed by atoms with Crippen molar-refractivity contribution in [3.63, 3.8) is 0 Å². The zero-order chi connectivity index (χ0) is 15.3. The van der Waals surface area contributed by atoms with E-state index in [0.29, 0.717) is 25.4 Å². The van der Waals surface area contributed by atoms with Crippen molar-refractivity contribution in [2.45, 2.75) is 5.03 Å². The summed E-state index contributed by atoms with van der Waals surface area (Å²) in [6, 6.07) is 5.52. The largest absolute Gasteiger partial charge is 0.489 e. The summed E-state index contributed by atoms with van der Waals surface area (Å²) in [6.07, 6.45) is 3.01. The second-order valence-corrected chi connectivity index (χ2v) is 7.22. The van der Waals surface area contributed by atoms with Gasteiger partial charge in [-0.15, -0.1) is 0 Å². The molecular formula is C14H16N4O3S. The molecule has 0 unspecified atom stereocenters. The highest BCUT2D eigenvalue weighted by atomic mass is 32.2. The Morgan fingerprint density at radius 3 is 2.86 bits per heavy atom. The number of benzene rings is 1. The van der Waals surface area contributed by atoms with Crippen LogP contribution in [0, 0.1) is 0 Å². The van der Waals surface area contributed by atoms with Crippen LogP contribution < -0.4 is 13.9 Å². The summed E-state index contributed by atoms with van der Waals surface area (Å²) in [5.74, 6) is 0.740. The summed E-state index contributed by atoms with van der Waals surface area (Å²) < 4.78 is 34.5. The first kappa shape index (κ1) is 13.4. The van der Waals surface area contributed by atoms with Gasteiger partial charge in [0.05, 0.1) is 25.1 Å². The number of anilines is 2.